The number of hydrogen-bond acceptors (Lipinski definition) is 3. The highest BCUT2D eigenvalue weighted by Crippen LogP contribution is 2.40. The van der Waals surface area contributed by atoms with E-state index in [0.717, 1.165) is 22.3 Å². The second kappa shape index (κ2) is 5.02. The topological polar surface area (TPSA) is 52.0 Å². The van der Waals surface area contributed by atoms with Crippen molar-refractivity contribution >= 4 is 17.5 Å². The van der Waals surface area contributed by atoms with Crippen molar-refractivity contribution in [2.24, 2.45) is 0 Å². The molecular formula is C16H13ClN2O. The Bertz CT molecular complexity index is 765. The SMILES string of the molecule is Cc1ccccc1-c1noc(N)c1-c1ccccc1Cl. The van der Waals surface area contributed by atoms with Crippen molar-refractivity contribution in [3.05, 3.63) is 59.1 Å². The van der Waals surface area contributed by atoms with E-state index in [1.165, 1.54) is 0 Å². The molecule has 1 aromatic heterocycles. The van der Waals surface area contributed by atoms with E-state index in [2.05, 4.69) is 5.16 Å². The molecule has 0 unspecified atom stereocenters. The minimum Gasteiger partial charge on any atom is -0.367 e. The fourth-order valence-corrected chi connectivity index (χ4v) is 2.48. The fourth-order valence-electron chi connectivity index (χ4n) is 2.25. The van der Waals surface area contributed by atoms with Gasteiger partial charge < -0.3 is 10.3 Å². The normalized spacial score (nSPS) is 10.7. The molecular weight excluding hydrogens is 272 g/mol. The Morgan fingerprint density at radius 1 is 1.00 bits per heavy atom. The van der Waals surface area contributed by atoms with Crippen LogP contribution in [-0.2, 0) is 0 Å². The number of anilines is 1. The molecule has 100 valence electrons. The van der Waals surface area contributed by atoms with Gasteiger partial charge in [0.2, 0.25) is 5.88 Å². The first-order valence-corrected chi connectivity index (χ1v) is 6.62. The van der Waals surface area contributed by atoms with Crippen molar-refractivity contribution in [1.29, 1.82) is 0 Å². The van der Waals surface area contributed by atoms with Gasteiger partial charge in [-0.3, -0.25) is 0 Å². The van der Waals surface area contributed by atoms with E-state index in [-0.39, 0.29) is 5.88 Å². The first-order valence-electron chi connectivity index (χ1n) is 6.24. The number of rotatable bonds is 2. The molecule has 3 aromatic rings. The van der Waals surface area contributed by atoms with Crippen LogP contribution in [0.4, 0.5) is 5.88 Å². The van der Waals surface area contributed by atoms with Crippen LogP contribution in [0.3, 0.4) is 0 Å². The van der Waals surface area contributed by atoms with Gasteiger partial charge in [0.15, 0.2) is 0 Å². The molecule has 0 saturated heterocycles. The van der Waals surface area contributed by atoms with Gasteiger partial charge in [-0.25, -0.2) is 0 Å². The zero-order valence-corrected chi connectivity index (χ0v) is 11.7. The Balaban J connectivity index is 2.26. The van der Waals surface area contributed by atoms with Gasteiger partial charge in [0.25, 0.3) is 0 Å². The van der Waals surface area contributed by atoms with Crippen LogP contribution in [-0.4, -0.2) is 5.16 Å². The molecule has 0 aliphatic carbocycles. The number of nitrogens with two attached hydrogens (primary N) is 1. The average Bonchev–Trinajstić information content (AvgIpc) is 2.82. The van der Waals surface area contributed by atoms with Gasteiger partial charge >= 0.3 is 0 Å². The summed E-state index contributed by atoms with van der Waals surface area (Å²) in [6.07, 6.45) is 0. The molecule has 0 fully saturated rings. The smallest absolute Gasteiger partial charge is 0.230 e. The first kappa shape index (κ1) is 12.8. The number of aryl methyl sites for hydroxylation is 1. The molecule has 20 heavy (non-hydrogen) atoms. The van der Waals surface area contributed by atoms with Gasteiger partial charge in [0.05, 0.1) is 5.56 Å². The monoisotopic (exact) mass is 284 g/mol. The zero-order valence-electron chi connectivity index (χ0n) is 10.9. The molecule has 0 aliphatic rings. The molecule has 0 saturated carbocycles. The maximum atomic E-state index is 6.26. The van der Waals surface area contributed by atoms with Crippen molar-refractivity contribution in [2.75, 3.05) is 5.73 Å². The Morgan fingerprint density at radius 2 is 1.65 bits per heavy atom. The number of hydrogen-bond donors (Lipinski definition) is 1. The molecule has 0 radical (unpaired) electrons. The van der Waals surface area contributed by atoms with Crippen LogP contribution >= 0.6 is 11.6 Å². The molecule has 2 N–H and O–H groups in total. The van der Waals surface area contributed by atoms with Gasteiger partial charge in [0, 0.05) is 16.1 Å². The fraction of sp³-hybridized carbons (Fsp3) is 0.0625. The summed E-state index contributed by atoms with van der Waals surface area (Å²) in [5.41, 5.74) is 10.3. The van der Waals surface area contributed by atoms with E-state index in [1.807, 2.05) is 55.5 Å². The predicted molar refractivity (Wildman–Crippen MR) is 81.5 cm³/mol. The molecule has 3 nitrogen and oxygen atoms in total. The summed E-state index contributed by atoms with van der Waals surface area (Å²) in [6.45, 7) is 2.02. The van der Waals surface area contributed by atoms with Crippen molar-refractivity contribution in [1.82, 2.24) is 5.16 Å². The summed E-state index contributed by atoms with van der Waals surface area (Å²) >= 11 is 6.26. The van der Waals surface area contributed by atoms with E-state index < -0.39 is 0 Å². The number of nitrogen functional groups attached to an aromatic ring is 1. The predicted octanol–water partition coefficient (Wildman–Crippen LogP) is 4.55. The largest absolute Gasteiger partial charge is 0.367 e. The number of halogens is 1. The minimum atomic E-state index is 0.274. The number of benzene rings is 2. The van der Waals surface area contributed by atoms with Crippen LogP contribution in [0.15, 0.2) is 53.1 Å². The van der Waals surface area contributed by atoms with Gasteiger partial charge in [-0.2, -0.15) is 0 Å². The van der Waals surface area contributed by atoms with Crippen molar-refractivity contribution < 1.29 is 4.52 Å². The van der Waals surface area contributed by atoms with Gasteiger partial charge in [0.1, 0.15) is 5.69 Å². The molecule has 1 heterocycles. The lowest BCUT2D eigenvalue weighted by molar-refractivity contribution is 0.439. The lowest BCUT2D eigenvalue weighted by atomic mass is 9.98. The minimum absolute atomic E-state index is 0.274. The van der Waals surface area contributed by atoms with E-state index in [0.29, 0.717) is 10.7 Å². The van der Waals surface area contributed by atoms with E-state index in [9.17, 15) is 0 Å². The van der Waals surface area contributed by atoms with Crippen LogP contribution in [0.1, 0.15) is 5.56 Å². The van der Waals surface area contributed by atoms with Gasteiger partial charge in [-0.1, -0.05) is 59.2 Å². The average molecular weight is 285 g/mol. The van der Waals surface area contributed by atoms with E-state index in [4.69, 9.17) is 21.9 Å². The Kier molecular flexibility index (Phi) is 3.20. The van der Waals surface area contributed by atoms with Crippen LogP contribution in [0.5, 0.6) is 0 Å². The van der Waals surface area contributed by atoms with E-state index in [1.54, 1.807) is 0 Å². The lowest BCUT2D eigenvalue weighted by Gasteiger charge is -2.06. The highest BCUT2D eigenvalue weighted by atomic mass is 35.5. The van der Waals surface area contributed by atoms with Crippen LogP contribution in [0, 0.1) is 6.92 Å². The maximum Gasteiger partial charge on any atom is 0.230 e. The highest BCUT2D eigenvalue weighted by molar-refractivity contribution is 6.33. The summed E-state index contributed by atoms with van der Waals surface area (Å²) in [5, 5.41) is 4.73. The third-order valence-electron chi connectivity index (χ3n) is 3.26. The van der Waals surface area contributed by atoms with Crippen LogP contribution in [0.25, 0.3) is 22.4 Å². The van der Waals surface area contributed by atoms with Crippen molar-refractivity contribution in [2.45, 2.75) is 6.92 Å². The second-order valence-electron chi connectivity index (χ2n) is 4.57. The summed E-state index contributed by atoms with van der Waals surface area (Å²) in [6, 6.07) is 15.5. The molecule has 0 atom stereocenters. The molecule has 0 amide bonds. The standard InChI is InChI=1S/C16H13ClN2O/c1-10-6-2-3-7-11(10)15-14(16(18)20-19-15)12-8-4-5-9-13(12)17/h2-9H,18H2,1H3. The van der Waals surface area contributed by atoms with Crippen molar-refractivity contribution in [3.63, 3.8) is 0 Å². The van der Waals surface area contributed by atoms with Crippen molar-refractivity contribution in [3.8, 4) is 22.4 Å². The molecule has 0 aliphatic heterocycles. The van der Waals surface area contributed by atoms with Gasteiger partial charge in [-0.05, 0) is 18.6 Å². The molecule has 4 heteroatoms. The zero-order chi connectivity index (χ0) is 14.1. The Morgan fingerprint density at radius 3 is 2.35 bits per heavy atom. The summed E-state index contributed by atoms with van der Waals surface area (Å²) in [5.74, 6) is 0.274. The number of aromatic nitrogens is 1. The lowest BCUT2D eigenvalue weighted by Crippen LogP contribution is -1.90. The highest BCUT2D eigenvalue weighted by Gasteiger charge is 2.20. The second-order valence-corrected chi connectivity index (χ2v) is 4.97. The van der Waals surface area contributed by atoms with Gasteiger partial charge in [-0.15, -0.1) is 0 Å². The summed E-state index contributed by atoms with van der Waals surface area (Å²) in [4.78, 5) is 0. The third-order valence-corrected chi connectivity index (χ3v) is 3.59. The third kappa shape index (κ3) is 2.06. The maximum absolute atomic E-state index is 6.26. The quantitative estimate of drug-likeness (QED) is 0.751. The molecule has 3 rings (SSSR count). The van der Waals surface area contributed by atoms with Crippen LogP contribution < -0.4 is 5.73 Å². The Hall–Kier alpha value is -2.26. The summed E-state index contributed by atoms with van der Waals surface area (Å²) in [7, 11) is 0. The molecule has 0 bridgehead atoms. The van der Waals surface area contributed by atoms with Crippen LogP contribution in [0.2, 0.25) is 5.02 Å². The summed E-state index contributed by atoms with van der Waals surface area (Å²) < 4.78 is 5.18. The molecule has 2 aromatic carbocycles. The van der Waals surface area contributed by atoms with E-state index >= 15 is 0 Å². The Labute approximate surface area is 122 Å². The molecule has 0 spiro atoms. The number of nitrogens with zero attached hydrogens (tertiary/aromatic N) is 1. The first-order chi connectivity index (χ1) is 9.68.